The number of aromatic nitrogens is 1. The molecule has 0 atom stereocenters. The molecule has 1 aromatic carbocycles. The summed E-state index contributed by atoms with van der Waals surface area (Å²) in [5.41, 5.74) is 3.75. The number of halogens is 1. The standard InChI is InChI=1S/C21H31N5O2.HI/c1-4-28-21(27)26-13-10-16(11-14-26)25-20(22-3)23-12-9-17-15(2)24-19-8-6-5-7-18(17)19;/h5-8,16,24H,4,9-14H2,1-3H3,(H2,22,23,25);1H. The molecule has 0 aliphatic carbocycles. The van der Waals surface area contributed by atoms with Gasteiger partial charge in [0.05, 0.1) is 6.61 Å². The van der Waals surface area contributed by atoms with Crippen LogP contribution in [-0.2, 0) is 11.2 Å². The van der Waals surface area contributed by atoms with Gasteiger partial charge in [-0.3, -0.25) is 4.99 Å². The first-order chi connectivity index (χ1) is 13.6. The fourth-order valence-electron chi connectivity index (χ4n) is 3.77. The molecule has 2 heterocycles. The Hall–Kier alpha value is -1.97. The number of piperidine rings is 1. The van der Waals surface area contributed by atoms with Crippen LogP contribution in [0.1, 0.15) is 31.0 Å². The molecule has 1 saturated heterocycles. The van der Waals surface area contributed by atoms with Crippen molar-refractivity contribution in [2.24, 2.45) is 4.99 Å². The van der Waals surface area contributed by atoms with Crippen molar-refractivity contribution in [3.8, 4) is 0 Å². The minimum atomic E-state index is -0.211. The largest absolute Gasteiger partial charge is 0.450 e. The summed E-state index contributed by atoms with van der Waals surface area (Å²) in [4.78, 5) is 21.4. The lowest BCUT2D eigenvalue weighted by molar-refractivity contribution is 0.0963. The molecule has 1 aromatic heterocycles. The average molecular weight is 513 g/mol. The molecule has 7 nitrogen and oxygen atoms in total. The third-order valence-electron chi connectivity index (χ3n) is 5.28. The summed E-state index contributed by atoms with van der Waals surface area (Å²) < 4.78 is 5.08. The van der Waals surface area contributed by atoms with Gasteiger partial charge in [0.2, 0.25) is 0 Å². The normalized spacial score (nSPS) is 15.1. The van der Waals surface area contributed by atoms with E-state index >= 15 is 0 Å². The molecule has 1 aliphatic rings. The Morgan fingerprint density at radius 1 is 1.31 bits per heavy atom. The Kier molecular flexibility index (Phi) is 9.06. The topological polar surface area (TPSA) is 81.8 Å². The maximum Gasteiger partial charge on any atom is 0.409 e. The van der Waals surface area contributed by atoms with Crippen molar-refractivity contribution in [1.29, 1.82) is 0 Å². The number of likely N-dealkylation sites (tertiary alicyclic amines) is 1. The first-order valence-corrected chi connectivity index (χ1v) is 10.1. The number of hydrogen-bond donors (Lipinski definition) is 3. The summed E-state index contributed by atoms with van der Waals surface area (Å²) in [7, 11) is 1.79. The van der Waals surface area contributed by atoms with E-state index in [-0.39, 0.29) is 30.1 Å². The molecule has 0 radical (unpaired) electrons. The lowest BCUT2D eigenvalue weighted by Crippen LogP contribution is -2.50. The number of aromatic amines is 1. The van der Waals surface area contributed by atoms with Gasteiger partial charge in [-0.1, -0.05) is 18.2 Å². The molecular formula is C21H32IN5O2. The van der Waals surface area contributed by atoms with Crippen LogP contribution in [0.2, 0.25) is 0 Å². The van der Waals surface area contributed by atoms with Gasteiger partial charge >= 0.3 is 6.09 Å². The average Bonchev–Trinajstić information content (AvgIpc) is 3.03. The van der Waals surface area contributed by atoms with Crippen LogP contribution in [-0.4, -0.2) is 61.3 Å². The zero-order valence-corrected chi connectivity index (χ0v) is 19.8. The number of carbonyl (C=O) groups excluding carboxylic acids is 1. The molecule has 1 amide bonds. The molecule has 1 fully saturated rings. The fourth-order valence-corrected chi connectivity index (χ4v) is 3.77. The molecule has 3 rings (SSSR count). The SMILES string of the molecule is CCOC(=O)N1CCC(NC(=NC)NCCc2c(C)[nH]c3ccccc23)CC1.I. The highest BCUT2D eigenvalue weighted by molar-refractivity contribution is 14.0. The second-order valence-electron chi connectivity index (χ2n) is 7.13. The highest BCUT2D eigenvalue weighted by Gasteiger charge is 2.24. The van der Waals surface area contributed by atoms with Crippen molar-refractivity contribution in [2.75, 3.05) is 33.3 Å². The fraction of sp³-hybridized carbons (Fsp3) is 0.524. The molecule has 0 bridgehead atoms. The number of carbonyl (C=O) groups is 1. The molecule has 0 unspecified atom stereocenters. The van der Waals surface area contributed by atoms with Gasteiger partial charge < -0.3 is 25.3 Å². The lowest BCUT2D eigenvalue weighted by Gasteiger charge is -2.32. The lowest BCUT2D eigenvalue weighted by atomic mass is 10.1. The van der Waals surface area contributed by atoms with Crippen LogP contribution in [0.4, 0.5) is 4.79 Å². The number of hydrogen-bond acceptors (Lipinski definition) is 3. The molecule has 0 saturated carbocycles. The van der Waals surface area contributed by atoms with Crippen molar-refractivity contribution in [3.63, 3.8) is 0 Å². The zero-order valence-electron chi connectivity index (χ0n) is 17.5. The van der Waals surface area contributed by atoms with Gasteiger partial charge in [-0.2, -0.15) is 0 Å². The van der Waals surface area contributed by atoms with E-state index in [4.69, 9.17) is 4.74 Å². The number of guanidine groups is 1. The summed E-state index contributed by atoms with van der Waals surface area (Å²) in [6, 6.07) is 8.72. The van der Waals surface area contributed by atoms with Gasteiger partial charge in [0.1, 0.15) is 0 Å². The number of aryl methyl sites for hydroxylation is 1. The number of benzene rings is 1. The van der Waals surface area contributed by atoms with Gasteiger partial charge in [-0.05, 0) is 44.7 Å². The molecule has 29 heavy (non-hydrogen) atoms. The molecule has 1 aliphatic heterocycles. The Labute approximate surface area is 189 Å². The van der Waals surface area contributed by atoms with Crippen LogP contribution in [0.15, 0.2) is 29.3 Å². The van der Waals surface area contributed by atoms with Crippen molar-refractivity contribution >= 4 is 46.9 Å². The maximum atomic E-state index is 11.8. The van der Waals surface area contributed by atoms with Gasteiger partial charge in [0.25, 0.3) is 0 Å². The molecule has 8 heteroatoms. The predicted octanol–water partition coefficient (Wildman–Crippen LogP) is 3.42. The Morgan fingerprint density at radius 3 is 2.72 bits per heavy atom. The van der Waals surface area contributed by atoms with Crippen LogP contribution >= 0.6 is 24.0 Å². The molecule has 160 valence electrons. The van der Waals surface area contributed by atoms with Crippen LogP contribution < -0.4 is 10.6 Å². The van der Waals surface area contributed by atoms with Crippen molar-refractivity contribution in [2.45, 2.75) is 39.2 Å². The molecule has 0 spiro atoms. The summed E-state index contributed by atoms with van der Waals surface area (Å²) in [5.74, 6) is 0.812. The number of nitrogens with zero attached hydrogens (tertiary/aromatic N) is 2. The number of fused-ring (bicyclic) bond motifs is 1. The van der Waals surface area contributed by atoms with E-state index in [0.29, 0.717) is 25.7 Å². The van der Waals surface area contributed by atoms with E-state index in [2.05, 4.69) is 51.8 Å². The first-order valence-electron chi connectivity index (χ1n) is 10.1. The van der Waals surface area contributed by atoms with E-state index < -0.39 is 0 Å². The van der Waals surface area contributed by atoms with Crippen molar-refractivity contribution in [3.05, 3.63) is 35.5 Å². The summed E-state index contributed by atoms with van der Waals surface area (Å²) >= 11 is 0. The summed E-state index contributed by atoms with van der Waals surface area (Å²) in [6.07, 6.45) is 2.50. The van der Waals surface area contributed by atoms with Crippen molar-refractivity contribution in [1.82, 2.24) is 20.5 Å². The Balaban J connectivity index is 0.00000300. The maximum absolute atomic E-state index is 11.8. The van der Waals surface area contributed by atoms with Crippen LogP contribution in [0.25, 0.3) is 10.9 Å². The monoisotopic (exact) mass is 513 g/mol. The van der Waals surface area contributed by atoms with E-state index in [0.717, 1.165) is 31.8 Å². The quantitative estimate of drug-likeness (QED) is 0.325. The van der Waals surface area contributed by atoms with E-state index in [1.165, 1.54) is 22.2 Å². The third-order valence-corrected chi connectivity index (χ3v) is 5.28. The second-order valence-corrected chi connectivity index (χ2v) is 7.13. The van der Waals surface area contributed by atoms with E-state index in [1.807, 2.05) is 6.92 Å². The number of ether oxygens (including phenoxy) is 1. The molecular weight excluding hydrogens is 481 g/mol. The van der Waals surface area contributed by atoms with Crippen LogP contribution in [0, 0.1) is 6.92 Å². The second kappa shape index (κ2) is 11.3. The van der Waals surface area contributed by atoms with E-state index in [1.54, 1.807) is 11.9 Å². The minimum absolute atomic E-state index is 0. The highest BCUT2D eigenvalue weighted by atomic mass is 127. The zero-order chi connectivity index (χ0) is 19.9. The van der Waals surface area contributed by atoms with Gasteiger partial charge in [0.15, 0.2) is 5.96 Å². The van der Waals surface area contributed by atoms with Gasteiger partial charge in [-0.15, -0.1) is 24.0 Å². The predicted molar refractivity (Wildman–Crippen MR) is 128 cm³/mol. The summed E-state index contributed by atoms with van der Waals surface area (Å²) in [6.45, 7) is 6.61. The smallest absolute Gasteiger partial charge is 0.409 e. The number of amides is 1. The molecule has 2 aromatic rings. The van der Waals surface area contributed by atoms with Crippen LogP contribution in [0.3, 0.4) is 0 Å². The Bertz CT molecular complexity index is 828. The highest BCUT2D eigenvalue weighted by Crippen LogP contribution is 2.21. The summed E-state index contributed by atoms with van der Waals surface area (Å²) in [5, 5.41) is 8.19. The van der Waals surface area contributed by atoms with Gasteiger partial charge in [-0.25, -0.2) is 4.79 Å². The van der Waals surface area contributed by atoms with Gasteiger partial charge in [0, 0.05) is 49.3 Å². The van der Waals surface area contributed by atoms with E-state index in [9.17, 15) is 4.79 Å². The van der Waals surface area contributed by atoms with Crippen LogP contribution in [0.5, 0.6) is 0 Å². The number of nitrogens with one attached hydrogen (secondary N) is 3. The Morgan fingerprint density at radius 2 is 2.03 bits per heavy atom. The number of H-pyrrole nitrogens is 1. The molecule has 3 N–H and O–H groups in total. The third kappa shape index (κ3) is 6.01. The first kappa shape index (κ1) is 23.3. The van der Waals surface area contributed by atoms with Crippen molar-refractivity contribution < 1.29 is 9.53 Å². The minimum Gasteiger partial charge on any atom is -0.450 e. The number of aliphatic imine (C=N–C) groups is 1. The number of para-hydroxylation sites is 1. The number of rotatable bonds is 5.